The lowest BCUT2D eigenvalue weighted by Crippen LogP contribution is -2.49. The van der Waals surface area contributed by atoms with E-state index in [0.717, 1.165) is 12.3 Å². The van der Waals surface area contributed by atoms with Crippen molar-refractivity contribution in [2.75, 3.05) is 0 Å². The van der Waals surface area contributed by atoms with E-state index < -0.39 is 0 Å². The lowest BCUT2D eigenvalue weighted by Gasteiger charge is -2.40. The highest BCUT2D eigenvalue weighted by Gasteiger charge is 2.35. The van der Waals surface area contributed by atoms with Crippen molar-refractivity contribution in [1.82, 2.24) is 5.32 Å². The summed E-state index contributed by atoms with van der Waals surface area (Å²) in [6.45, 7) is 2.22. The fourth-order valence-corrected chi connectivity index (χ4v) is 2.73. The molecular weight excluding hydrogens is 150 g/mol. The fourth-order valence-electron chi connectivity index (χ4n) is 2.73. The standard InChI is InChI=1S/C10H17NO/c1-7-6-10(12)11-9-5-3-2-4-8(7)9/h7-9H,2-6H2,1H3,(H,11,12)/t7-,8+,9?/m0/s1. The Bertz CT molecular complexity index is 190. The molecule has 1 unspecified atom stereocenters. The molecule has 3 atom stereocenters. The first-order valence-electron chi connectivity index (χ1n) is 5.07. The predicted molar refractivity (Wildman–Crippen MR) is 47.7 cm³/mol. The molecule has 0 aromatic carbocycles. The van der Waals surface area contributed by atoms with Gasteiger partial charge in [0.25, 0.3) is 0 Å². The van der Waals surface area contributed by atoms with Crippen molar-refractivity contribution in [3.63, 3.8) is 0 Å². The Hall–Kier alpha value is -0.530. The molecule has 1 N–H and O–H groups in total. The van der Waals surface area contributed by atoms with Gasteiger partial charge in [-0.1, -0.05) is 19.8 Å². The van der Waals surface area contributed by atoms with Crippen LogP contribution in [0.15, 0.2) is 0 Å². The molecule has 1 amide bonds. The zero-order valence-electron chi connectivity index (χ0n) is 7.68. The molecule has 12 heavy (non-hydrogen) atoms. The van der Waals surface area contributed by atoms with Gasteiger partial charge in [0, 0.05) is 12.5 Å². The summed E-state index contributed by atoms with van der Waals surface area (Å²) in [5.74, 6) is 1.66. The Morgan fingerprint density at radius 3 is 2.92 bits per heavy atom. The van der Waals surface area contributed by atoms with E-state index in [2.05, 4.69) is 12.2 Å². The molecule has 1 aliphatic heterocycles. The number of carbonyl (C=O) groups is 1. The summed E-state index contributed by atoms with van der Waals surface area (Å²) in [6.07, 6.45) is 5.95. The van der Waals surface area contributed by atoms with E-state index in [-0.39, 0.29) is 5.91 Å². The number of rotatable bonds is 0. The van der Waals surface area contributed by atoms with Crippen molar-refractivity contribution in [2.24, 2.45) is 11.8 Å². The number of hydrogen-bond donors (Lipinski definition) is 1. The Balaban J connectivity index is 2.06. The van der Waals surface area contributed by atoms with E-state index in [9.17, 15) is 4.79 Å². The van der Waals surface area contributed by atoms with Gasteiger partial charge in [0.05, 0.1) is 0 Å². The normalized spacial score (nSPS) is 41.8. The largest absolute Gasteiger partial charge is 0.353 e. The summed E-state index contributed by atoms with van der Waals surface area (Å²) in [5, 5.41) is 3.11. The van der Waals surface area contributed by atoms with Crippen molar-refractivity contribution in [3.05, 3.63) is 0 Å². The second-order valence-electron chi connectivity index (χ2n) is 4.30. The lowest BCUT2D eigenvalue weighted by molar-refractivity contribution is -0.126. The van der Waals surface area contributed by atoms with E-state index in [0.29, 0.717) is 12.0 Å². The maximum atomic E-state index is 11.2. The number of carbonyl (C=O) groups excluding carboxylic acids is 1. The van der Waals surface area contributed by atoms with Crippen LogP contribution in [0, 0.1) is 11.8 Å². The van der Waals surface area contributed by atoms with Gasteiger partial charge in [-0.3, -0.25) is 4.79 Å². The minimum absolute atomic E-state index is 0.269. The maximum absolute atomic E-state index is 11.2. The van der Waals surface area contributed by atoms with Gasteiger partial charge in [0.1, 0.15) is 0 Å². The number of nitrogens with one attached hydrogen (secondary N) is 1. The summed E-state index contributed by atoms with van der Waals surface area (Å²) >= 11 is 0. The zero-order chi connectivity index (χ0) is 8.55. The van der Waals surface area contributed by atoms with E-state index in [4.69, 9.17) is 0 Å². The summed E-state index contributed by atoms with van der Waals surface area (Å²) in [7, 11) is 0. The number of hydrogen-bond acceptors (Lipinski definition) is 1. The molecule has 2 aliphatic rings. The molecule has 0 radical (unpaired) electrons. The van der Waals surface area contributed by atoms with Gasteiger partial charge in [0.15, 0.2) is 0 Å². The molecule has 1 saturated heterocycles. The Morgan fingerprint density at radius 2 is 2.08 bits per heavy atom. The van der Waals surface area contributed by atoms with Gasteiger partial charge in [-0.15, -0.1) is 0 Å². The maximum Gasteiger partial charge on any atom is 0.220 e. The van der Waals surface area contributed by atoms with E-state index in [1.807, 2.05) is 0 Å². The SMILES string of the molecule is C[C@H]1CC(=O)NC2CCCC[C@@H]21. The van der Waals surface area contributed by atoms with Crippen LogP contribution in [0.2, 0.25) is 0 Å². The van der Waals surface area contributed by atoms with Gasteiger partial charge in [-0.05, 0) is 24.7 Å². The number of amides is 1. The van der Waals surface area contributed by atoms with Gasteiger partial charge < -0.3 is 5.32 Å². The highest BCUT2D eigenvalue weighted by molar-refractivity contribution is 5.77. The smallest absolute Gasteiger partial charge is 0.220 e. The molecule has 0 spiro atoms. The fraction of sp³-hybridized carbons (Fsp3) is 0.900. The summed E-state index contributed by atoms with van der Waals surface area (Å²) in [4.78, 5) is 11.2. The first-order chi connectivity index (χ1) is 5.77. The van der Waals surface area contributed by atoms with Crippen molar-refractivity contribution >= 4 is 5.91 Å². The third-order valence-electron chi connectivity index (χ3n) is 3.40. The molecule has 2 rings (SSSR count). The van der Waals surface area contributed by atoms with Crippen LogP contribution in [-0.4, -0.2) is 11.9 Å². The van der Waals surface area contributed by atoms with Crippen LogP contribution < -0.4 is 5.32 Å². The second kappa shape index (κ2) is 3.08. The van der Waals surface area contributed by atoms with Crippen molar-refractivity contribution in [3.8, 4) is 0 Å². The zero-order valence-corrected chi connectivity index (χ0v) is 7.68. The molecule has 0 aromatic rings. The topological polar surface area (TPSA) is 29.1 Å². The van der Waals surface area contributed by atoms with Crippen LogP contribution in [0.5, 0.6) is 0 Å². The van der Waals surface area contributed by atoms with E-state index >= 15 is 0 Å². The second-order valence-corrected chi connectivity index (χ2v) is 4.30. The average molecular weight is 167 g/mol. The third-order valence-corrected chi connectivity index (χ3v) is 3.40. The van der Waals surface area contributed by atoms with Gasteiger partial charge >= 0.3 is 0 Å². The highest BCUT2D eigenvalue weighted by Crippen LogP contribution is 2.34. The monoisotopic (exact) mass is 167 g/mol. The number of piperidine rings is 1. The van der Waals surface area contributed by atoms with Crippen LogP contribution in [-0.2, 0) is 4.79 Å². The highest BCUT2D eigenvalue weighted by atomic mass is 16.1. The van der Waals surface area contributed by atoms with Crippen molar-refractivity contribution in [2.45, 2.75) is 45.1 Å². The summed E-state index contributed by atoms with van der Waals surface area (Å²) in [5.41, 5.74) is 0. The first kappa shape index (κ1) is 8.09. The van der Waals surface area contributed by atoms with Crippen molar-refractivity contribution in [1.29, 1.82) is 0 Å². The molecule has 2 heteroatoms. The first-order valence-corrected chi connectivity index (χ1v) is 5.07. The molecular formula is C10H17NO. The molecule has 1 aliphatic carbocycles. The Morgan fingerprint density at radius 1 is 1.33 bits per heavy atom. The van der Waals surface area contributed by atoms with Gasteiger partial charge in [-0.2, -0.15) is 0 Å². The summed E-state index contributed by atoms with van der Waals surface area (Å²) in [6, 6.07) is 0.509. The van der Waals surface area contributed by atoms with Crippen LogP contribution in [0.1, 0.15) is 39.0 Å². The molecule has 1 saturated carbocycles. The van der Waals surface area contributed by atoms with Gasteiger partial charge in [0.2, 0.25) is 5.91 Å². The van der Waals surface area contributed by atoms with Crippen LogP contribution >= 0.6 is 0 Å². The molecule has 0 aromatic heterocycles. The third kappa shape index (κ3) is 1.35. The molecule has 2 nitrogen and oxygen atoms in total. The molecule has 2 fully saturated rings. The molecule has 1 heterocycles. The number of fused-ring (bicyclic) bond motifs is 1. The molecule has 68 valence electrons. The quantitative estimate of drug-likeness (QED) is 0.584. The molecule has 0 bridgehead atoms. The van der Waals surface area contributed by atoms with Crippen LogP contribution in [0.3, 0.4) is 0 Å². The van der Waals surface area contributed by atoms with E-state index in [1.165, 1.54) is 25.7 Å². The minimum atomic E-state index is 0.269. The summed E-state index contributed by atoms with van der Waals surface area (Å²) < 4.78 is 0. The van der Waals surface area contributed by atoms with Gasteiger partial charge in [-0.25, -0.2) is 0 Å². The van der Waals surface area contributed by atoms with E-state index in [1.54, 1.807) is 0 Å². The Labute approximate surface area is 73.7 Å². The Kier molecular flexibility index (Phi) is 2.07. The average Bonchev–Trinajstić information content (AvgIpc) is 2.04. The van der Waals surface area contributed by atoms with Crippen LogP contribution in [0.4, 0.5) is 0 Å². The predicted octanol–water partition coefficient (Wildman–Crippen LogP) is 1.70. The lowest BCUT2D eigenvalue weighted by atomic mass is 9.73. The minimum Gasteiger partial charge on any atom is -0.353 e. The van der Waals surface area contributed by atoms with Crippen molar-refractivity contribution < 1.29 is 4.79 Å². The van der Waals surface area contributed by atoms with Crippen LogP contribution in [0.25, 0.3) is 0 Å².